The van der Waals surface area contributed by atoms with Crippen molar-refractivity contribution < 1.29 is 14.7 Å². The Labute approximate surface area is 87.7 Å². The largest absolute Gasteiger partial charge is 0.479 e. The lowest BCUT2D eigenvalue weighted by molar-refractivity contribution is -0.150. The smallest absolute Gasteiger partial charge is 0.329 e. The van der Waals surface area contributed by atoms with E-state index in [1.165, 1.54) is 4.90 Å². The van der Waals surface area contributed by atoms with Gasteiger partial charge in [0.25, 0.3) is 0 Å². The minimum Gasteiger partial charge on any atom is -0.479 e. The Morgan fingerprint density at radius 1 is 1.64 bits per heavy atom. The van der Waals surface area contributed by atoms with E-state index in [9.17, 15) is 9.59 Å². The van der Waals surface area contributed by atoms with Crippen LogP contribution in [0.4, 0.5) is 0 Å². The van der Waals surface area contributed by atoms with E-state index in [-0.39, 0.29) is 11.8 Å². The van der Waals surface area contributed by atoms with Crippen molar-refractivity contribution in [2.24, 2.45) is 5.92 Å². The summed E-state index contributed by atoms with van der Waals surface area (Å²) in [5.41, 5.74) is -0.852. The van der Waals surface area contributed by atoms with Gasteiger partial charge in [-0.05, 0) is 24.5 Å². The number of aliphatic carboxylic acids is 1. The number of carboxylic acids is 1. The number of thiol groups is 1. The molecule has 0 aromatic carbocycles. The summed E-state index contributed by atoms with van der Waals surface area (Å²) in [6.45, 7) is 0.564. The minimum atomic E-state index is -0.856. The highest BCUT2D eigenvalue weighted by Crippen LogP contribution is 2.44. The molecule has 5 heteroatoms. The first-order valence-electron chi connectivity index (χ1n) is 4.75. The summed E-state index contributed by atoms with van der Waals surface area (Å²) in [6, 6.07) is 0. The lowest BCUT2D eigenvalue weighted by Crippen LogP contribution is -2.44. The fraction of sp³-hybridized carbons (Fsp3) is 0.778. The first-order chi connectivity index (χ1) is 6.60. The van der Waals surface area contributed by atoms with Crippen LogP contribution in [0.25, 0.3) is 0 Å². The summed E-state index contributed by atoms with van der Waals surface area (Å²) in [5, 5.41) is 9.03. The molecular formula is C9H13NO3S. The quantitative estimate of drug-likeness (QED) is 0.669. The summed E-state index contributed by atoms with van der Waals surface area (Å²) in [4.78, 5) is 24.1. The molecule has 1 aliphatic heterocycles. The first-order valence-corrected chi connectivity index (χ1v) is 5.38. The molecule has 78 valence electrons. The number of likely N-dealkylation sites (tertiary alicyclic amines) is 1. The van der Waals surface area contributed by atoms with E-state index in [1.54, 1.807) is 0 Å². The van der Waals surface area contributed by atoms with Gasteiger partial charge in [-0.2, -0.15) is 12.6 Å². The molecule has 2 aliphatic rings. The van der Waals surface area contributed by atoms with Crippen molar-refractivity contribution in [3.8, 4) is 0 Å². The molecule has 1 saturated carbocycles. The van der Waals surface area contributed by atoms with Crippen molar-refractivity contribution in [3.63, 3.8) is 0 Å². The number of amides is 1. The molecule has 14 heavy (non-hydrogen) atoms. The normalized spacial score (nSPS) is 29.4. The fourth-order valence-electron chi connectivity index (χ4n) is 2.04. The van der Waals surface area contributed by atoms with Crippen LogP contribution in [0.1, 0.15) is 19.3 Å². The van der Waals surface area contributed by atoms with E-state index in [0.29, 0.717) is 31.6 Å². The SMILES string of the molecule is O=C1CC(CS)CN1C1(C(=O)O)CC1. The van der Waals surface area contributed by atoms with Crippen LogP contribution in [0.15, 0.2) is 0 Å². The van der Waals surface area contributed by atoms with Gasteiger partial charge in [-0.1, -0.05) is 0 Å². The van der Waals surface area contributed by atoms with E-state index in [0.717, 1.165) is 0 Å². The maximum Gasteiger partial charge on any atom is 0.329 e. The van der Waals surface area contributed by atoms with Gasteiger partial charge in [0.15, 0.2) is 0 Å². The molecule has 0 bridgehead atoms. The summed E-state index contributed by atoms with van der Waals surface area (Å²) in [6.07, 6.45) is 1.67. The zero-order valence-electron chi connectivity index (χ0n) is 7.77. The van der Waals surface area contributed by atoms with E-state index in [2.05, 4.69) is 12.6 Å². The van der Waals surface area contributed by atoms with Gasteiger partial charge >= 0.3 is 5.97 Å². The van der Waals surface area contributed by atoms with Crippen LogP contribution in [0.2, 0.25) is 0 Å². The summed E-state index contributed by atoms with van der Waals surface area (Å²) in [5.74, 6) is -0.00457. The molecular weight excluding hydrogens is 202 g/mol. The highest BCUT2D eigenvalue weighted by molar-refractivity contribution is 7.80. The fourth-order valence-corrected chi connectivity index (χ4v) is 2.28. The number of carbonyl (C=O) groups is 2. The van der Waals surface area contributed by atoms with E-state index in [4.69, 9.17) is 5.11 Å². The lowest BCUT2D eigenvalue weighted by atomic mass is 10.1. The Bertz CT molecular complexity index is 288. The van der Waals surface area contributed by atoms with Crippen LogP contribution < -0.4 is 0 Å². The Morgan fingerprint density at radius 3 is 2.64 bits per heavy atom. The van der Waals surface area contributed by atoms with Crippen molar-refractivity contribution in [2.75, 3.05) is 12.3 Å². The predicted molar refractivity (Wildman–Crippen MR) is 53.3 cm³/mol. The van der Waals surface area contributed by atoms with E-state index in [1.807, 2.05) is 0 Å². The molecule has 0 spiro atoms. The van der Waals surface area contributed by atoms with E-state index >= 15 is 0 Å². The third kappa shape index (κ3) is 1.30. The van der Waals surface area contributed by atoms with Gasteiger partial charge in [-0.15, -0.1) is 0 Å². The summed E-state index contributed by atoms with van der Waals surface area (Å²) >= 11 is 4.14. The zero-order chi connectivity index (χ0) is 10.3. The third-order valence-electron chi connectivity index (χ3n) is 3.10. The Morgan fingerprint density at radius 2 is 2.29 bits per heavy atom. The maximum atomic E-state index is 11.6. The van der Waals surface area contributed by atoms with Crippen molar-refractivity contribution >= 4 is 24.5 Å². The summed E-state index contributed by atoms with van der Waals surface area (Å²) < 4.78 is 0. The van der Waals surface area contributed by atoms with Gasteiger partial charge in [-0.3, -0.25) is 4.79 Å². The monoisotopic (exact) mass is 215 g/mol. The number of hydrogen-bond donors (Lipinski definition) is 2. The minimum absolute atomic E-state index is 0.0241. The number of carbonyl (C=O) groups excluding carboxylic acids is 1. The summed E-state index contributed by atoms with van der Waals surface area (Å²) in [7, 11) is 0. The topological polar surface area (TPSA) is 57.6 Å². The molecule has 1 aliphatic carbocycles. The number of rotatable bonds is 3. The zero-order valence-corrected chi connectivity index (χ0v) is 8.67. The Balaban J connectivity index is 2.13. The molecule has 1 heterocycles. The Kier molecular flexibility index (Phi) is 2.21. The molecule has 1 amide bonds. The van der Waals surface area contributed by atoms with Crippen LogP contribution in [0, 0.1) is 5.92 Å². The van der Waals surface area contributed by atoms with Crippen LogP contribution in [-0.4, -0.2) is 39.7 Å². The van der Waals surface area contributed by atoms with Crippen LogP contribution in [-0.2, 0) is 9.59 Å². The molecule has 2 fully saturated rings. The number of carboxylic acid groups (broad SMARTS) is 1. The lowest BCUT2D eigenvalue weighted by Gasteiger charge is -2.24. The van der Waals surface area contributed by atoms with Crippen molar-refractivity contribution in [1.29, 1.82) is 0 Å². The highest BCUT2D eigenvalue weighted by atomic mass is 32.1. The van der Waals surface area contributed by atoms with Gasteiger partial charge in [0.05, 0.1) is 0 Å². The molecule has 1 N–H and O–H groups in total. The van der Waals surface area contributed by atoms with Crippen LogP contribution >= 0.6 is 12.6 Å². The van der Waals surface area contributed by atoms with E-state index < -0.39 is 11.5 Å². The third-order valence-corrected chi connectivity index (χ3v) is 3.62. The molecule has 1 unspecified atom stereocenters. The standard InChI is InChI=1S/C9H13NO3S/c11-7-3-6(5-14)4-10(7)9(1-2-9)8(12)13/h6,14H,1-5H2,(H,12,13). The van der Waals surface area contributed by atoms with Gasteiger partial charge in [0, 0.05) is 13.0 Å². The molecule has 4 nitrogen and oxygen atoms in total. The maximum absolute atomic E-state index is 11.6. The van der Waals surface area contributed by atoms with Crippen molar-refractivity contribution in [1.82, 2.24) is 4.90 Å². The van der Waals surface area contributed by atoms with Gasteiger partial charge in [0.1, 0.15) is 5.54 Å². The molecule has 2 rings (SSSR count). The van der Waals surface area contributed by atoms with Crippen LogP contribution in [0.5, 0.6) is 0 Å². The molecule has 1 saturated heterocycles. The van der Waals surface area contributed by atoms with Gasteiger partial charge < -0.3 is 10.0 Å². The van der Waals surface area contributed by atoms with Crippen LogP contribution in [0.3, 0.4) is 0 Å². The average Bonchev–Trinajstić information content (AvgIpc) is 2.86. The van der Waals surface area contributed by atoms with Gasteiger partial charge in [-0.25, -0.2) is 4.79 Å². The number of hydrogen-bond acceptors (Lipinski definition) is 3. The molecule has 0 aromatic heterocycles. The second kappa shape index (κ2) is 3.15. The number of nitrogens with zero attached hydrogens (tertiary/aromatic N) is 1. The van der Waals surface area contributed by atoms with Crippen molar-refractivity contribution in [3.05, 3.63) is 0 Å². The predicted octanol–water partition coefficient (Wildman–Crippen LogP) is 0.382. The molecule has 0 aromatic rings. The molecule has 1 atom stereocenters. The Hall–Kier alpha value is -0.710. The molecule has 0 radical (unpaired) electrons. The second-order valence-electron chi connectivity index (χ2n) is 4.09. The van der Waals surface area contributed by atoms with Gasteiger partial charge in [0.2, 0.25) is 5.91 Å². The average molecular weight is 215 g/mol. The first kappa shape index (κ1) is 9.83. The van der Waals surface area contributed by atoms with Crippen molar-refractivity contribution in [2.45, 2.75) is 24.8 Å². The highest BCUT2D eigenvalue weighted by Gasteiger charge is 2.58. The second-order valence-corrected chi connectivity index (χ2v) is 4.46.